The Kier molecular flexibility index (Phi) is 5.65. The molecule has 0 bridgehead atoms. The van der Waals surface area contributed by atoms with Crippen LogP contribution in [0.1, 0.15) is 34.1 Å². The summed E-state index contributed by atoms with van der Waals surface area (Å²) in [5.74, 6) is -0.0849. The number of carbonyl (C=O) groups is 2. The van der Waals surface area contributed by atoms with Crippen molar-refractivity contribution in [3.05, 3.63) is 0 Å². The number of hydrogen-bond donors (Lipinski definition) is 1. The van der Waals surface area contributed by atoms with Gasteiger partial charge in [0.05, 0.1) is 0 Å². The number of rotatable bonds is 5. The van der Waals surface area contributed by atoms with Gasteiger partial charge >= 0.3 is 0 Å². The van der Waals surface area contributed by atoms with Gasteiger partial charge in [0, 0.05) is 25.6 Å². The molecule has 5 nitrogen and oxygen atoms in total. The maximum absolute atomic E-state index is 12.1. The molecule has 18 heavy (non-hydrogen) atoms. The molecule has 0 aromatic rings. The molecule has 2 amide bonds. The Balaban J connectivity index is 2.66. The summed E-state index contributed by atoms with van der Waals surface area (Å²) >= 11 is 1.40. The minimum atomic E-state index is -0.325. The number of hydrogen-bond acceptors (Lipinski definition) is 4. The second-order valence-electron chi connectivity index (χ2n) is 4.37. The Labute approximate surface area is 112 Å². The Bertz CT molecular complexity index is 355. The Morgan fingerprint density at radius 2 is 2.17 bits per heavy atom. The maximum atomic E-state index is 12.1. The van der Waals surface area contributed by atoms with E-state index < -0.39 is 0 Å². The standard InChI is InChI=1S/C12H21N3O2S/c1-5-13-12-15(6-2)11(17)9(18-12)7-10(16)14-8(3)4/h8-9H,5-7H2,1-4H3,(H,14,16)/t9-/m0/s1. The molecule has 0 radical (unpaired) electrons. The highest BCUT2D eigenvalue weighted by atomic mass is 32.2. The van der Waals surface area contributed by atoms with Crippen LogP contribution in [0, 0.1) is 0 Å². The van der Waals surface area contributed by atoms with Crippen LogP contribution in [0.15, 0.2) is 4.99 Å². The fourth-order valence-corrected chi connectivity index (χ4v) is 3.00. The molecule has 1 saturated heterocycles. The van der Waals surface area contributed by atoms with Gasteiger partial charge in [0.2, 0.25) is 11.8 Å². The van der Waals surface area contributed by atoms with Gasteiger partial charge in [-0.2, -0.15) is 0 Å². The van der Waals surface area contributed by atoms with E-state index in [2.05, 4.69) is 10.3 Å². The average Bonchev–Trinajstić information content (AvgIpc) is 2.54. The van der Waals surface area contributed by atoms with Crippen LogP contribution in [-0.4, -0.2) is 46.3 Å². The van der Waals surface area contributed by atoms with Gasteiger partial charge in [-0.25, -0.2) is 0 Å². The largest absolute Gasteiger partial charge is 0.354 e. The van der Waals surface area contributed by atoms with E-state index in [1.807, 2.05) is 27.7 Å². The summed E-state index contributed by atoms with van der Waals surface area (Å²) in [6.45, 7) is 8.92. The summed E-state index contributed by atoms with van der Waals surface area (Å²) < 4.78 is 0. The molecule has 1 heterocycles. The highest BCUT2D eigenvalue weighted by Crippen LogP contribution is 2.29. The Morgan fingerprint density at radius 3 is 2.67 bits per heavy atom. The lowest BCUT2D eigenvalue weighted by atomic mass is 10.2. The highest BCUT2D eigenvalue weighted by molar-refractivity contribution is 8.15. The summed E-state index contributed by atoms with van der Waals surface area (Å²) in [6, 6.07) is 0.102. The monoisotopic (exact) mass is 271 g/mol. The van der Waals surface area contributed by atoms with E-state index in [9.17, 15) is 9.59 Å². The molecule has 1 atom stereocenters. The van der Waals surface area contributed by atoms with Crippen molar-refractivity contribution in [1.29, 1.82) is 0 Å². The molecule has 1 N–H and O–H groups in total. The van der Waals surface area contributed by atoms with Crippen LogP contribution in [0.5, 0.6) is 0 Å². The minimum Gasteiger partial charge on any atom is -0.354 e. The summed E-state index contributed by atoms with van der Waals surface area (Å²) in [7, 11) is 0. The number of amidine groups is 1. The first kappa shape index (κ1) is 15.0. The van der Waals surface area contributed by atoms with Crippen LogP contribution < -0.4 is 5.32 Å². The zero-order valence-corrected chi connectivity index (χ0v) is 12.2. The highest BCUT2D eigenvalue weighted by Gasteiger charge is 2.37. The van der Waals surface area contributed by atoms with E-state index in [4.69, 9.17) is 0 Å². The molecule has 0 aromatic heterocycles. The first-order chi connectivity index (χ1) is 8.49. The van der Waals surface area contributed by atoms with E-state index in [0.29, 0.717) is 13.1 Å². The zero-order chi connectivity index (χ0) is 13.7. The first-order valence-corrected chi connectivity index (χ1v) is 7.19. The van der Waals surface area contributed by atoms with Gasteiger partial charge in [0.25, 0.3) is 0 Å². The average molecular weight is 271 g/mol. The molecule has 0 aliphatic carbocycles. The fourth-order valence-electron chi connectivity index (χ4n) is 1.74. The van der Waals surface area contributed by atoms with Crippen LogP contribution >= 0.6 is 11.8 Å². The van der Waals surface area contributed by atoms with Gasteiger partial charge < -0.3 is 5.32 Å². The summed E-state index contributed by atoms with van der Waals surface area (Å²) in [5.41, 5.74) is 0. The van der Waals surface area contributed by atoms with Crippen LogP contribution in [0.3, 0.4) is 0 Å². The molecule has 1 rings (SSSR count). The lowest BCUT2D eigenvalue weighted by Crippen LogP contribution is -2.36. The number of thioether (sulfide) groups is 1. The van der Waals surface area contributed by atoms with E-state index in [-0.39, 0.29) is 29.5 Å². The molecule has 1 fully saturated rings. The molecule has 0 saturated carbocycles. The molecule has 6 heteroatoms. The van der Waals surface area contributed by atoms with Crippen molar-refractivity contribution < 1.29 is 9.59 Å². The molecular weight excluding hydrogens is 250 g/mol. The molecular formula is C12H21N3O2S. The van der Waals surface area contributed by atoms with Crippen molar-refractivity contribution >= 4 is 28.7 Å². The van der Waals surface area contributed by atoms with Gasteiger partial charge in [-0.1, -0.05) is 11.8 Å². The van der Waals surface area contributed by atoms with Crippen molar-refractivity contribution in [2.75, 3.05) is 13.1 Å². The van der Waals surface area contributed by atoms with Gasteiger partial charge in [-0.15, -0.1) is 0 Å². The summed E-state index contributed by atoms with van der Waals surface area (Å²) in [4.78, 5) is 29.7. The van der Waals surface area contributed by atoms with E-state index in [1.54, 1.807) is 4.90 Å². The van der Waals surface area contributed by atoms with Crippen molar-refractivity contribution in [3.8, 4) is 0 Å². The summed E-state index contributed by atoms with van der Waals surface area (Å²) in [5, 5.41) is 3.22. The number of aliphatic imine (C=N–C) groups is 1. The quantitative estimate of drug-likeness (QED) is 0.818. The summed E-state index contributed by atoms with van der Waals surface area (Å²) in [6.07, 6.45) is 0.223. The third kappa shape index (κ3) is 3.73. The number of amides is 2. The number of nitrogens with zero attached hydrogens (tertiary/aromatic N) is 2. The number of carbonyl (C=O) groups excluding carboxylic acids is 2. The predicted octanol–water partition coefficient (Wildman–Crippen LogP) is 1.24. The Hall–Kier alpha value is -1.04. The molecule has 1 aliphatic rings. The molecule has 0 spiro atoms. The maximum Gasteiger partial charge on any atom is 0.242 e. The third-order valence-corrected chi connectivity index (χ3v) is 3.66. The van der Waals surface area contributed by atoms with E-state index in [1.165, 1.54) is 11.8 Å². The molecule has 0 unspecified atom stereocenters. The van der Waals surface area contributed by atoms with Crippen molar-refractivity contribution in [2.45, 2.75) is 45.4 Å². The second kappa shape index (κ2) is 6.78. The molecule has 0 aromatic carbocycles. The lowest BCUT2D eigenvalue weighted by molar-refractivity contribution is -0.129. The van der Waals surface area contributed by atoms with Crippen molar-refractivity contribution in [2.24, 2.45) is 4.99 Å². The van der Waals surface area contributed by atoms with Crippen molar-refractivity contribution in [3.63, 3.8) is 0 Å². The van der Waals surface area contributed by atoms with Gasteiger partial charge in [-0.05, 0) is 27.7 Å². The topological polar surface area (TPSA) is 61.8 Å². The van der Waals surface area contributed by atoms with Gasteiger partial charge in [0.1, 0.15) is 5.25 Å². The predicted molar refractivity (Wildman–Crippen MR) is 74.6 cm³/mol. The SMILES string of the molecule is CCN=C1S[C@@H](CC(=O)NC(C)C)C(=O)N1CC. The van der Waals surface area contributed by atoms with Gasteiger partial charge in [0.15, 0.2) is 5.17 Å². The zero-order valence-electron chi connectivity index (χ0n) is 11.4. The van der Waals surface area contributed by atoms with Crippen molar-refractivity contribution in [1.82, 2.24) is 10.2 Å². The lowest BCUT2D eigenvalue weighted by Gasteiger charge is -2.13. The van der Waals surface area contributed by atoms with E-state index in [0.717, 1.165) is 5.17 Å². The molecule has 102 valence electrons. The van der Waals surface area contributed by atoms with Gasteiger partial charge in [-0.3, -0.25) is 19.5 Å². The minimum absolute atomic E-state index is 0.00592. The van der Waals surface area contributed by atoms with Crippen LogP contribution in [0.25, 0.3) is 0 Å². The van der Waals surface area contributed by atoms with Crippen LogP contribution in [0.2, 0.25) is 0 Å². The fraction of sp³-hybridized carbons (Fsp3) is 0.750. The third-order valence-electron chi connectivity index (χ3n) is 2.45. The number of nitrogens with one attached hydrogen (secondary N) is 1. The van der Waals surface area contributed by atoms with Crippen LogP contribution in [0.4, 0.5) is 0 Å². The normalized spacial score (nSPS) is 22.1. The second-order valence-corrected chi connectivity index (χ2v) is 5.54. The van der Waals surface area contributed by atoms with E-state index >= 15 is 0 Å². The first-order valence-electron chi connectivity index (χ1n) is 6.31. The Morgan fingerprint density at radius 1 is 1.50 bits per heavy atom. The molecule has 1 aliphatic heterocycles. The van der Waals surface area contributed by atoms with Crippen LogP contribution in [-0.2, 0) is 9.59 Å². The smallest absolute Gasteiger partial charge is 0.242 e.